The average molecular weight is 1030 g/mol. The summed E-state index contributed by atoms with van der Waals surface area (Å²) in [6.45, 7) is 6.59. The first-order valence-electron chi connectivity index (χ1n) is 20.2. The Labute approximate surface area is 376 Å². The topological polar surface area (TPSA) is 0 Å². The Balaban J connectivity index is 0.000000750. The Bertz CT molecular complexity index is 1970. The molecule has 1 saturated heterocycles. The SMILES string of the molecule is CCCCCC[N+]1(C)CCCC1.FC(F)(F)c1cc([B-](c2cc(C(F)(F)F)cc(C(F)(F)F)c2)(c2cc(C(F)(F)F)cc(C(F)(F)F)c2)c2cc(C(F)(F)F)cc(C(F)(F)F)c2)cc(C(F)(F)F)c1. The molecule has 4 aromatic rings. The summed E-state index contributed by atoms with van der Waals surface area (Å²) < 4.78 is 342. The highest BCUT2D eigenvalue weighted by molar-refractivity contribution is 7.20. The summed E-state index contributed by atoms with van der Waals surface area (Å²) in [5, 5.41) is 0. The highest BCUT2D eigenvalue weighted by atomic mass is 19.4. The van der Waals surface area contributed by atoms with Gasteiger partial charge in [-0.15, -0.1) is 0 Å². The second-order valence-corrected chi connectivity index (χ2v) is 16.8. The van der Waals surface area contributed by atoms with Gasteiger partial charge in [-0.3, -0.25) is 0 Å². The number of unbranched alkanes of at least 4 members (excludes halogenated alkanes) is 3. The van der Waals surface area contributed by atoms with Crippen molar-refractivity contribution in [2.24, 2.45) is 0 Å². The number of alkyl halides is 24. The highest BCUT2D eigenvalue weighted by Gasteiger charge is 2.47. The molecule has 0 radical (unpaired) electrons. The molecule has 0 unspecified atom stereocenters. The van der Waals surface area contributed by atoms with Gasteiger partial charge in [-0.2, -0.15) is 127 Å². The average Bonchev–Trinajstić information content (AvgIpc) is 3.63. The van der Waals surface area contributed by atoms with Crippen molar-refractivity contribution >= 4 is 28.0 Å². The van der Waals surface area contributed by atoms with Crippen LogP contribution in [0.3, 0.4) is 0 Å². The number of nitrogens with zero attached hydrogens (tertiary/aromatic N) is 1. The summed E-state index contributed by atoms with van der Waals surface area (Å²) in [6.07, 6.45) is -46.2. The Morgan fingerprint density at radius 1 is 0.333 bits per heavy atom. The van der Waals surface area contributed by atoms with Crippen molar-refractivity contribution in [2.75, 3.05) is 26.7 Å². The quantitative estimate of drug-likeness (QED) is 0.0678. The molecular formula is C43H36BF24N. The molecule has 1 aliphatic heterocycles. The summed E-state index contributed by atoms with van der Waals surface area (Å²) in [6, 6.07) is -8.81. The van der Waals surface area contributed by atoms with Crippen molar-refractivity contribution in [2.45, 2.75) is 94.9 Å². The zero-order chi connectivity index (χ0) is 52.8. The molecule has 0 spiro atoms. The zero-order valence-corrected chi connectivity index (χ0v) is 35.4. The van der Waals surface area contributed by atoms with E-state index in [1.165, 1.54) is 62.6 Å². The second-order valence-electron chi connectivity index (χ2n) is 16.8. The largest absolute Gasteiger partial charge is 0.416 e. The maximum Gasteiger partial charge on any atom is 0.416 e. The molecule has 0 aliphatic carbocycles. The summed E-state index contributed by atoms with van der Waals surface area (Å²) in [4.78, 5) is 0. The van der Waals surface area contributed by atoms with Gasteiger partial charge in [-0.05, 0) is 37.1 Å². The molecule has 0 saturated carbocycles. The predicted molar refractivity (Wildman–Crippen MR) is 204 cm³/mol. The van der Waals surface area contributed by atoms with Gasteiger partial charge in [0.15, 0.2) is 0 Å². The molecule has 1 aliphatic rings. The minimum atomic E-state index is -6.13. The molecule has 5 rings (SSSR count). The van der Waals surface area contributed by atoms with Crippen molar-refractivity contribution in [3.63, 3.8) is 0 Å². The fourth-order valence-corrected chi connectivity index (χ4v) is 8.31. The number of hydrogen-bond donors (Lipinski definition) is 0. The van der Waals surface area contributed by atoms with Crippen molar-refractivity contribution < 1.29 is 110 Å². The molecule has 1 nitrogen and oxygen atoms in total. The zero-order valence-electron chi connectivity index (χ0n) is 35.4. The van der Waals surface area contributed by atoms with Crippen molar-refractivity contribution in [1.29, 1.82) is 0 Å². The monoisotopic (exact) mass is 1030 g/mol. The van der Waals surface area contributed by atoms with Crippen LogP contribution in [-0.4, -0.2) is 37.3 Å². The van der Waals surface area contributed by atoms with Gasteiger partial charge in [0.1, 0.15) is 6.15 Å². The third kappa shape index (κ3) is 13.8. The van der Waals surface area contributed by atoms with Crippen LogP contribution in [0.5, 0.6) is 0 Å². The van der Waals surface area contributed by atoms with Crippen molar-refractivity contribution in [3.05, 3.63) is 117 Å². The normalized spacial score (nSPS) is 15.6. The number of halogens is 24. The van der Waals surface area contributed by atoms with Gasteiger partial charge < -0.3 is 4.48 Å². The van der Waals surface area contributed by atoms with Gasteiger partial charge in [-0.1, -0.05) is 68.3 Å². The minimum Gasteiger partial charge on any atom is -0.326 e. The van der Waals surface area contributed by atoms with Crippen molar-refractivity contribution in [1.82, 2.24) is 0 Å². The van der Waals surface area contributed by atoms with E-state index in [1.54, 1.807) is 0 Å². The van der Waals surface area contributed by atoms with E-state index in [0.29, 0.717) is 0 Å². The third-order valence-corrected chi connectivity index (χ3v) is 11.6. The Hall–Kier alpha value is -4.78. The maximum atomic E-state index is 14.2. The third-order valence-electron chi connectivity index (χ3n) is 11.6. The lowest BCUT2D eigenvalue weighted by Gasteiger charge is -2.46. The van der Waals surface area contributed by atoms with E-state index in [4.69, 9.17) is 0 Å². The lowest BCUT2D eigenvalue weighted by atomic mass is 9.12. The van der Waals surface area contributed by atoms with E-state index in [9.17, 15) is 105 Å². The highest BCUT2D eigenvalue weighted by Crippen LogP contribution is 2.41. The summed E-state index contributed by atoms with van der Waals surface area (Å²) in [5.41, 5.74) is -30.2. The van der Waals surface area contributed by atoms with Crippen LogP contribution in [0.1, 0.15) is 90.0 Å². The van der Waals surface area contributed by atoms with Crippen molar-refractivity contribution in [3.8, 4) is 0 Å². The van der Waals surface area contributed by atoms with Crippen LogP contribution in [0.15, 0.2) is 72.8 Å². The number of benzene rings is 4. The van der Waals surface area contributed by atoms with E-state index >= 15 is 0 Å². The molecule has 0 N–H and O–H groups in total. The van der Waals surface area contributed by atoms with Crippen LogP contribution in [0, 0.1) is 0 Å². The fraction of sp³-hybridized carbons (Fsp3) is 0.442. The van der Waals surface area contributed by atoms with Gasteiger partial charge in [-0.25, -0.2) is 0 Å². The number of likely N-dealkylation sites (tertiary alicyclic amines) is 1. The fourth-order valence-electron chi connectivity index (χ4n) is 8.31. The number of rotatable bonds is 9. The molecule has 1 fully saturated rings. The Kier molecular flexibility index (Phi) is 16.0. The van der Waals surface area contributed by atoms with E-state index < -0.39 is 195 Å². The van der Waals surface area contributed by atoms with E-state index in [0.717, 1.165) is 0 Å². The van der Waals surface area contributed by atoms with Gasteiger partial charge in [0.25, 0.3) is 0 Å². The maximum absolute atomic E-state index is 14.2. The Morgan fingerprint density at radius 2 is 0.536 bits per heavy atom. The smallest absolute Gasteiger partial charge is 0.326 e. The molecule has 1 heterocycles. The minimum absolute atomic E-state index is 0.691. The summed E-state index contributed by atoms with van der Waals surface area (Å²) in [7, 11) is 2.43. The van der Waals surface area contributed by atoms with Gasteiger partial charge >= 0.3 is 49.4 Å². The Morgan fingerprint density at radius 3 is 0.710 bits per heavy atom. The standard InChI is InChI=1S/C32H12BF24.C11H24N/c34-25(35,36)13-1-14(26(37,38)39)6-21(5-13)33(22-7-15(27(40,41)42)2-16(8-22)28(43,44)45,23-9-17(29(46,47)48)3-18(10-23)30(49,50)51)24-11-19(31(52,53)54)4-20(12-24)32(55,56)57;1-3-4-5-6-9-12(2)10-7-8-11-12/h1-12H;3-11H2,1-2H3/q-1;+1. The first-order valence-corrected chi connectivity index (χ1v) is 20.2. The van der Waals surface area contributed by atoms with Crippen LogP contribution in [0.25, 0.3) is 0 Å². The molecule has 4 aromatic carbocycles. The van der Waals surface area contributed by atoms with Crippen LogP contribution in [0.4, 0.5) is 105 Å². The molecular weight excluding hydrogens is 997 g/mol. The summed E-state index contributed by atoms with van der Waals surface area (Å²) >= 11 is 0. The first-order chi connectivity index (χ1) is 31.0. The van der Waals surface area contributed by atoms with Gasteiger partial charge in [0.2, 0.25) is 0 Å². The van der Waals surface area contributed by atoms with E-state index in [-0.39, 0.29) is 0 Å². The lowest BCUT2D eigenvalue weighted by molar-refractivity contribution is -0.897. The molecule has 0 atom stereocenters. The van der Waals surface area contributed by atoms with Crippen LogP contribution in [-0.2, 0) is 49.4 Å². The van der Waals surface area contributed by atoms with Crippen LogP contribution < -0.4 is 21.9 Å². The van der Waals surface area contributed by atoms with Crippen LogP contribution >= 0.6 is 0 Å². The van der Waals surface area contributed by atoms with E-state index in [2.05, 4.69) is 14.0 Å². The molecule has 0 aromatic heterocycles. The number of hydrogen-bond acceptors (Lipinski definition) is 0. The summed E-state index contributed by atoms with van der Waals surface area (Å²) in [5.74, 6) is 0. The molecule has 69 heavy (non-hydrogen) atoms. The van der Waals surface area contributed by atoms with E-state index in [1.807, 2.05) is 0 Å². The second kappa shape index (κ2) is 19.4. The molecule has 26 heteroatoms. The molecule has 384 valence electrons. The lowest BCUT2D eigenvalue weighted by Crippen LogP contribution is -2.75. The molecule has 0 amide bonds. The first kappa shape index (κ1) is 56.8. The molecule has 0 bridgehead atoms. The van der Waals surface area contributed by atoms with Gasteiger partial charge in [0, 0.05) is 12.8 Å². The van der Waals surface area contributed by atoms with Crippen LogP contribution in [0.2, 0.25) is 0 Å². The predicted octanol–water partition coefficient (Wildman–Crippen LogP) is 14.0. The number of quaternary nitrogens is 1. The van der Waals surface area contributed by atoms with Gasteiger partial charge in [0.05, 0.1) is 71.2 Å².